The van der Waals surface area contributed by atoms with Crippen molar-refractivity contribution in [3.8, 4) is 6.07 Å². The summed E-state index contributed by atoms with van der Waals surface area (Å²) in [5, 5.41) is 13.2. The number of nitriles is 1. The fraction of sp³-hybridized carbons (Fsp3) is 0.562. The molecule has 2 rings (SSSR count). The monoisotopic (exact) mass is 276 g/mol. The summed E-state index contributed by atoms with van der Waals surface area (Å²) >= 11 is 6.20. The van der Waals surface area contributed by atoms with Crippen molar-refractivity contribution in [1.29, 1.82) is 5.26 Å². The van der Waals surface area contributed by atoms with Crippen LogP contribution in [0.25, 0.3) is 0 Å². The molecule has 0 aliphatic heterocycles. The number of nitrogens with one attached hydrogen (secondary N) is 1. The van der Waals surface area contributed by atoms with Crippen molar-refractivity contribution in [3.05, 3.63) is 28.8 Å². The fourth-order valence-electron chi connectivity index (χ4n) is 3.07. The molecule has 0 aromatic heterocycles. The molecule has 2 nitrogen and oxygen atoms in total. The van der Waals surface area contributed by atoms with Gasteiger partial charge >= 0.3 is 0 Å². The first-order chi connectivity index (χ1) is 8.91. The topological polar surface area (TPSA) is 35.8 Å². The van der Waals surface area contributed by atoms with Crippen LogP contribution in [0.5, 0.6) is 0 Å². The number of halogens is 1. The van der Waals surface area contributed by atoms with Gasteiger partial charge in [-0.3, -0.25) is 0 Å². The van der Waals surface area contributed by atoms with Gasteiger partial charge in [0.1, 0.15) is 0 Å². The van der Waals surface area contributed by atoms with Gasteiger partial charge in [-0.25, -0.2) is 0 Å². The number of benzene rings is 1. The van der Waals surface area contributed by atoms with E-state index in [1.165, 1.54) is 12.8 Å². The number of rotatable bonds is 2. The van der Waals surface area contributed by atoms with Crippen molar-refractivity contribution in [2.75, 3.05) is 5.32 Å². The van der Waals surface area contributed by atoms with Gasteiger partial charge in [0.2, 0.25) is 0 Å². The molecule has 0 heterocycles. The highest BCUT2D eigenvalue weighted by Gasteiger charge is 2.32. The maximum absolute atomic E-state index is 8.96. The van der Waals surface area contributed by atoms with Crippen LogP contribution in [0.15, 0.2) is 18.2 Å². The van der Waals surface area contributed by atoms with E-state index in [9.17, 15) is 0 Å². The summed E-state index contributed by atoms with van der Waals surface area (Å²) in [6.45, 7) is 6.96. The van der Waals surface area contributed by atoms with E-state index in [1.54, 1.807) is 12.1 Å². The third-order valence-electron chi connectivity index (χ3n) is 4.13. The molecular formula is C16H21ClN2. The quantitative estimate of drug-likeness (QED) is 0.839. The molecule has 19 heavy (non-hydrogen) atoms. The second-order valence-electron chi connectivity index (χ2n) is 6.44. The molecule has 1 aromatic carbocycles. The Balaban J connectivity index is 2.12. The molecule has 2 atom stereocenters. The van der Waals surface area contributed by atoms with Gasteiger partial charge in [-0.05, 0) is 48.8 Å². The molecule has 3 heteroatoms. The van der Waals surface area contributed by atoms with Crippen LogP contribution in [-0.2, 0) is 0 Å². The van der Waals surface area contributed by atoms with E-state index < -0.39 is 0 Å². The zero-order chi connectivity index (χ0) is 14.0. The molecule has 1 N–H and O–H groups in total. The standard InChI is InChI=1S/C16H21ClN2/c1-11-9-16(2,3)7-6-14(11)19-15-8-12(10-18)4-5-13(15)17/h4-5,8,11,14,19H,6-7,9H2,1-3H3. The lowest BCUT2D eigenvalue weighted by molar-refractivity contribution is 0.177. The molecule has 2 unspecified atom stereocenters. The van der Waals surface area contributed by atoms with Crippen LogP contribution in [0.4, 0.5) is 5.69 Å². The average molecular weight is 277 g/mol. The highest BCUT2D eigenvalue weighted by atomic mass is 35.5. The van der Waals surface area contributed by atoms with Crippen LogP contribution in [-0.4, -0.2) is 6.04 Å². The van der Waals surface area contributed by atoms with Gasteiger partial charge in [0.25, 0.3) is 0 Å². The Labute approximate surface area is 120 Å². The van der Waals surface area contributed by atoms with E-state index in [0.717, 1.165) is 12.1 Å². The third kappa shape index (κ3) is 3.42. The van der Waals surface area contributed by atoms with Gasteiger partial charge in [-0.1, -0.05) is 32.4 Å². The van der Waals surface area contributed by atoms with E-state index in [0.29, 0.717) is 28.0 Å². The Morgan fingerprint density at radius 2 is 2.16 bits per heavy atom. The van der Waals surface area contributed by atoms with Crippen LogP contribution >= 0.6 is 11.6 Å². The van der Waals surface area contributed by atoms with Crippen molar-refractivity contribution >= 4 is 17.3 Å². The van der Waals surface area contributed by atoms with Crippen LogP contribution < -0.4 is 5.32 Å². The van der Waals surface area contributed by atoms with Crippen molar-refractivity contribution < 1.29 is 0 Å². The molecule has 1 aliphatic rings. The second kappa shape index (κ2) is 5.43. The van der Waals surface area contributed by atoms with Gasteiger partial charge in [-0.15, -0.1) is 0 Å². The summed E-state index contributed by atoms with van der Waals surface area (Å²) in [5.41, 5.74) is 1.98. The van der Waals surface area contributed by atoms with Crippen molar-refractivity contribution in [2.45, 2.75) is 46.1 Å². The molecule has 1 saturated carbocycles. The largest absolute Gasteiger partial charge is 0.381 e. The van der Waals surface area contributed by atoms with Gasteiger partial charge in [-0.2, -0.15) is 5.26 Å². The van der Waals surface area contributed by atoms with Crippen molar-refractivity contribution in [2.24, 2.45) is 11.3 Å². The summed E-state index contributed by atoms with van der Waals surface area (Å²) in [6, 6.07) is 7.99. The second-order valence-corrected chi connectivity index (χ2v) is 6.85. The van der Waals surface area contributed by atoms with Crippen molar-refractivity contribution in [3.63, 3.8) is 0 Å². The van der Waals surface area contributed by atoms with Gasteiger partial charge < -0.3 is 5.32 Å². The van der Waals surface area contributed by atoms with Crippen molar-refractivity contribution in [1.82, 2.24) is 0 Å². The first kappa shape index (κ1) is 14.2. The maximum atomic E-state index is 8.96. The Bertz CT molecular complexity index is 502. The fourth-order valence-corrected chi connectivity index (χ4v) is 3.24. The summed E-state index contributed by atoms with van der Waals surface area (Å²) in [4.78, 5) is 0. The minimum absolute atomic E-state index is 0.440. The molecule has 0 saturated heterocycles. The van der Waals surface area contributed by atoms with Crippen LogP contribution in [0.1, 0.15) is 45.6 Å². The normalized spacial score (nSPS) is 25.6. The van der Waals surface area contributed by atoms with Gasteiger partial charge in [0.05, 0.1) is 22.3 Å². The number of nitrogens with zero attached hydrogens (tertiary/aromatic N) is 1. The molecule has 1 fully saturated rings. The van der Waals surface area contributed by atoms with Gasteiger partial charge in [0, 0.05) is 6.04 Å². The zero-order valence-corrected chi connectivity index (χ0v) is 12.6. The first-order valence-corrected chi connectivity index (χ1v) is 7.25. The molecule has 0 amide bonds. The molecule has 1 aromatic rings. The highest BCUT2D eigenvalue weighted by molar-refractivity contribution is 6.33. The number of hydrogen-bond donors (Lipinski definition) is 1. The predicted octanol–water partition coefficient (Wildman–Crippen LogP) is 4.84. The lowest BCUT2D eigenvalue weighted by Gasteiger charge is -2.40. The van der Waals surface area contributed by atoms with E-state index >= 15 is 0 Å². The Hall–Kier alpha value is -1.20. The smallest absolute Gasteiger partial charge is 0.0992 e. The first-order valence-electron chi connectivity index (χ1n) is 6.87. The third-order valence-corrected chi connectivity index (χ3v) is 4.46. The van der Waals surface area contributed by atoms with E-state index in [4.69, 9.17) is 16.9 Å². The number of anilines is 1. The minimum Gasteiger partial charge on any atom is -0.381 e. The predicted molar refractivity (Wildman–Crippen MR) is 80.4 cm³/mol. The lowest BCUT2D eigenvalue weighted by Crippen LogP contribution is -2.36. The van der Waals surface area contributed by atoms with E-state index in [2.05, 4.69) is 32.2 Å². The lowest BCUT2D eigenvalue weighted by atomic mass is 9.70. The van der Waals surface area contributed by atoms with Gasteiger partial charge in [0.15, 0.2) is 0 Å². The van der Waals surface area contributed by atoms with E-state index in [-0.39, 0.29) is 0 Å². The van der Waals surface area contributed by atoms with Crippen LogP contribution in [0.2, 0.25) is 5.02 Å². The molecule has 102 valence electrons. The van der Waals surface area contributed by atoms with Crippen LogP contribution in [0, 0.1) is 22.7 Å². The number of hydrogen-bond acceptors (Lipinski definition) is 2. The summed E-state index contributed by atoms with van der Waals surface area (Å²) < 4.78 is 0. The maximum Gasteiger partial charge on any atom is 0.0992 e. The highest BCUT2D eigenvalue weighted by Crippen LogP contribution is 2.40. The zero-order valence-electron chi connectivity index (χ0n) is 11.8. The Kier molecular flexibility index (Phi) is 4.06. The van der Waals surface area contributed by atoms with E-state index in [1.807, 2.05) is 6.07 Å². The van der Waals surface area contributed by atoms with Crippen LogP contribution in [0.3, 0.4) is 0 Å². The molecule has 0 spiro atoms. The Morgan fingerprint density at radius 1 is 1.42 bits per heavy atom. The molecule has 0 bridgehead atoms. The summed E-state index contributed by atoms with van der Waals surface area (Å²) in [6.07, 6.45) is 3.60. The SMILES string of the molecule is CC1CC(C)(C)CCC1Nc1cc(C#N)ccc1Cl. The Morgan fingerprint density at radius 3 is 2.79 bits per heavy atom. The summed E-state index contributed by atoms with van der Waals surface area (Å²) in [5.74, 6) is 0.616. The molecule has 1 aliphatic carbocycles. The molecule has 0 radical (unpaired) electrons. The average Bonchev–Trinajstić information content (AvgIpc) is 2.34. The summed E-state index contributed by atoms with van der Waals surface area (Å²) in [7, 11) is 0. The molecular weight excluding hydrogens is 256 g/mol. The minimum atomic E-state index is 0.440.